The normalized spacial score (nSPS) is 10.3. The number of alkyl halides is 1. The first-order valence-corrected chi connectivity index (χ1v) is 7.85. The Morgan fingerprint density at radius 2 is 1.96 bits per heavy atom. The summed E-state index contributed by atoms with van der Waals surface area (Å²) >= 11 is 0. The van der Waals surface area contributed by atoms with Crippen molar-refractivity contribution in [3.05, 3.63) is 58.7 Å². The Kier molecular flexibility index (Phi) is 6.18. The molecule has 2 rings (SSSR count). The highest BCUT2D eigenvalue weighted by Gasteiger charge is 2.11. The number of halogens is 1. The first-order chi connectivity index (χ1) is 11.5. The average molecular weight is 331 g/mol. The summed E-state index contributed by atoms with van der Waals surface area (Å²) < 4.78 is 22.3. The number of benzene rings is 2. The van der Waals surface area contributed by atoms with Crippen molar-refractivity contribution in [2.45, 2.75) is 33.8 Å². The molecular weight excluding hydrogens is 309 g/mol. The van der Waals surface area contributed by atoms with Gasteiger partial charge in [0.1, 0.15) is 12.4 Å². The molecular formula is C19H22FNO3. The van der Waals surface area contributed by atoms with Crippen LogP contribution in [0.1, 0.15) is 29.2 Å². The Bertz CT molecular complexity index is 716. The number of rotatable bonds is 6. The van der Waals surface area contributed by atoms with E-state index in [1.807, 2.05) is 38.1 Å². The van der Waals surface area contributed by atoms with Gasteiger partial charge in [-0.3, -0.25) is 5.32 Å². The second-order valence-corrected chi connectivity index (χ2v) is 5.51. The van der Waals surface area contributed by atoms with Crippen molar-refractivity contribution in [3.8, 4) is 5.75 Å². The maximum absolute atomic E-state index is 12.1. The molecule has 128 valence electrons. The fourth-order valence-electron chi connectivity index (χ4n) is 2.45. The minimum Gasteiger partial charge on any atom is -0.489 e. The molecule has 0 saturated carbocycles. The zero-order chi connectivity index (χ0) is 17.5. The number of carbonyl (C=O) groups is 1. The van der Waals surface area contributed by atoms with Gasteiger partial charge >= 0.3 is 6.09 Å². The van der Waals surface area contributed by atoms with Crippen LogP contribution >= 0.6 is 0 Å². The fourth-order valence-corrected chi connectivity index (χ4v) is 2.45. The Morgan fingerprint density at radius 1 is 1.17 bits per heavy atom. The maximum atomic E-state index is 12.1. The van der Waals surface area contributed by atoms with Gasteiger partial charge in [-0.1, -0.05) is 31.2 Å². The summed E-state index contributed by atoms with van der Waals surface area (Å²) in [7, 11) is 0. The van der Waals surface area contributed by atoms with Gasteiger partial charge in [-0.15, -0.1) is 0 Å². The van der Waals surface area contributed by atoms with Crippen molar-refractivity contribution in [1.82, 2.24) is 0 Å². The smallest absolute Gasteiger partial charge is 0.413 e. The lowest BCUT2D eigenvalue weighted by Gasteiger charge is -2.15. The van der Waals surface area contributed by atoms with E-state index < -0.39 is 13.0 Å². The van der Waals surface area contributed by atoms with Crippen molar-refractivity contribution in [2.75, 3.05) is 12.2 Å². The lowest BCUT2D eigenvalue weighted by atomic mass is 10.1. The summed E-state index contributed by atoms with van der Waals surface area (Å²) in [6.07, 6.45) is 0.150. The molecule has 0 spiro atoms. The highest BCUT2D eigenvalue weighted by Crippen LogP contribution is 2.25. The second kappa shape index (κ2) is 8.34. The maximum Gasteiger partial charge on any atom is 0.413 e. The van der Waals surface area contributed by atoms with E-state index in [4.69, 9.17) is 4.74 Å². The van der Waals surface area contributed by atoms with Crippen molar-refractivity contribution in [1.29, 1.82) is 0 Å². The van der Waals surface area contributed by atoms with Crippen LogP contribution in [-0.2, 0) is 17.8 Å². The molecule has 1 amide bonds. The molecule has 4 nitrogen and oxygen atoms in total. The van der Waals surface area contributed by atoms with Crippen molar-refractivity contribution < 1.29 is 18.7 Å². The molecule has 5 heteroatoms. The monoisotopic (exact) mass is 331 g/mol. The average Bonchev–Trinajstić information content (AvgIpc) is 2.55. The number of ether oxygens (including phenoxy) is 2. The molecule has 2 aromatic rings. The van der Waals surface area contributed by atoms with Gasteiger partial charge in [0.15, 0.2) is 0 Å². The highest BCUT2D eigenvalue weighted by atomic mass is 19.1. The highest BCUT2D eigenvalue weighted by molar-refractivity contribution is 5.85. The Hall–Kier alpha value is -2.56. The predicted octanol–water partition coefficient (Wildman–Crippen LogP) is 4.92. The van der Waals surface area contributed by atoms with Gasteiger partial charge in [0.05, 0.1) is 5.69 Å². The molecule has 0 unspecified atom stereocenters. The summed E-state index contributed by atoms with van der Waals surface area (Å²) in [4.78, 5) is 11.5. The summed E-state index contributed by atoms with van der Waals surface area (Å²) in [6.45, 7) is 5.18. The Morgan fingerprint density at radius 3 is 2.62 bits per heavy atom. The molecule has 2 aromatic carbocycles. The predicted molar refractivity (Wildman–Crippen MR) is 92.1 cm³/mol. The van der Waals surface area contributed by atoms with Crippen molar-refractivity contribution in [2.24, 2.45) is 0 Å². The third kappa shape index (κ3) is 4.47. The van der Waals surface area contributed by atoms with E-state index in [1.165, 1.54) is 5.56 Å². The lowest BCUT2D eigenvalue weighted by molar-refractivity contribution is 0.111. The fraction of sp³-hybridized carbons (Fsp3) is 0.316. The van der Waals surface area contributed by atoms with Crippen LogP contribution in [0.25, 0.3) is 0 Å². The number of hydrogen-bond donors (Lipinski definition) is 1. The number of amides is 1. The van der Waals surface area contributed by atoms with Gasteiger partial charge in [-0.25, -0.2) is 9.18 Å². The summed E-state index contributed by atoms with van der Waals surface area (Å²) in [5.41, 5.74) is 4.67. The van der Waals surface area contributed by atoms with Crippen molar-refractivity contribution in [3.63, 3.8) is 0 Å². The third-order valence-corrected chi connectivity index (χ3v) is 3.85. The first-order valence-electron chi connectivity index (χ1n) is 7.85. The molecule has 0 fully saturated rings. The quantitative estimate of drug-likeness (QED) is 0.817. The molecule has 0 aliphatic heterocycles. The first kappa shape index (κ1) is 17.8. The van der Waals surface area contributed by atoms with Gasteiger partial charge in [0.25, 0.3) is 0 Å². The molecule has 1 N–H and O–H groups in total. The van der Waals surface area contributed by atoms with Gasteiger partial charge in [0.2, 0.25) is 6.86 Å². The largest absolute Gasteiger partial charge is 0.489 e. The van der Waals surface area contributed by atoms with Crippen LogP contribution in [0, 0.1) is 13.8 Å². The minimum absolute atomic E-state index is 0.296. The van der Waals surface area contributed by atoms with Gasteiger partial charge in [0, 0.05) is 5.56 Å². The third-order valence-electron chi connectivity index (χ3n) is 3.85. The Balaban J connectivity index is 2.16. The van der Waals surface area contributed by atoms with Crippen LogP contribution < -0.4 is 10.1 Å². The summed E-state index contributed by atoms with van der Waals surface area (Å²) in [5.74, 6) is 0.799. The lowest BCUT2D eigenvalue weighted by Crippen LogP contribution is -2.15. The van der Waals surface area contributed by atoms with Crippen LogP contribution in [0.5, 0.6) is 5.75 Å². The van der Waals surface area contributed by atoms with Crippen LogP contribution in [0.2, 0.25) is 0 Å². The molecule has 0 radical (unpaired) electrons. The van der Waals surface area contributed by atoms with Crippen LogP contribution in [0.15, 0.2) is 36.4 Å². The Labute approximate surface area is 141 Å². The molecule has 0 aromatic heterocycles. The minimum atomic E-state index is -1.16. The van der Waals surface area contributed by atoms with Crippen LogP contribution in [-0.4, -0.2) is 13.0 Å². The number of aryl methyl sites for hydroxylation is 3. The SMILES string of the molecule is CCc1ccc(OCc2c(C)cccc2NC(=O)OCF)c(C)c1. The van der Waals surface area contributed by atoms with E-state index in [1.54, 1.807) is 6.07 Å². The molecule has 0 atom stereocenters. The van der Waals surface area contributed by atoms with E-state index in [0.717, 1.165) is 28.9 Å². The standard InChI is InChI=1S/C19H22FNO3/c1-4-15-8-9-18(14(3)10-15)23-11-16-13(2)6-5-7-17(16)21-19(22)24-12-20/h5-10H,4,11-12H2,1-3H3,(H,21,22). The van der Waals surface area contributed by atoms with E-state index >= 15 is 0 Å². The van der Waals surface area contributed by atoms with Crippen molar-refractivity contribution >= 4 is 11.8 Å². The second-order valence-electron chi connectivity index (χ2n) is 5.51. The van der Waals surface area contributed by atoms with Crippen LogP contribution in [0.3, 0.4) is 0 Å². The summed E-state index contributed by atoms with van der Waals surface area (Å²) in [6, 6.07) is 11.6. The zero-order valence-corrected chi connectivity index (χ0v) is 14.2. The molecule has 0 saturated heterocycles. The number of nitrogens with one attached hydrogen (secondary N) is 1. The molecule has 0 aliphatic rings. The van der Waals surface area contributed by atoms with E-state index in [2.05, 4.69) is 23.0 Å². The van der Waals surface area contributed by atoms with E-state index in [9.17, 15) is 9.18 Å². The van der Waals surface area contributed by atoms with Gasteiger partial charge < -0.3 is 9.47 Å². The molecule has 0 heterocycles. The van der Waals surface area contributed by atoms with E-state index in [-0.39, 0.29) is 0 Å². The molecule has 0 bridgehead atoms. The van der Waals surface area contributed by atoms with E-state index in [0.29, 0.717) is 12.3 Å². The van der Waals surface area contributed by atoms with Gasteiger partial charge in [-0.05, 0) is 49.1 Å². The number of anilines is 1. The number of carbonyl (C=O) groups excluding carboxylic acids is 1. The van der Waals surface area contributed by atoms with Gasteiger partial charge in [-0.2, -0.15) is 0 Å². The summed E-state index contributed by atoms with van der Waals surface area (Å²) in [5, 5.41) is 2.54. The number of hydrogen-bond acceptors (Lipinski definition) is 3. The topological polar surface area (TPSA) is 47.6 Å². The molecule has 0 aliphatic carbocycles. The zero-order valence-electron chi connectivity index (χ0n) is 14.2. The molecule has 24 heavy (non-hydrogen) atoms. The van der Waals surface area contributed by atoms with Crippen LogP contribution in [0.4, 0.5) is 14.9 Å².